The first-order valence-electron chi connectivity index (χ1n) is 5.91. The van der Waals surface area contributed by atoms with Crippen LogP contribution in [0.2, 0.25) is 0 Å². The zero-order chi connectivity index (χ0) is 13.2. The molecule has 0 fully saturated rings. The van der Waals surface area contributed by atoms with Crippen molar-refractivity contribution in [3.8, 4) is 0 Å². The van der Waals surface area contributed by atoms with Gasteiger partial charge < -0.3 is 23.0 Å². The number of rotatable bonds is 6. The Kier molecular flexibility index (Phi) is 10.0. The molecule has 100 valence electrons. The predicted molar refractivity (Wildman–Crippen MR) is 60.5 cm³/mol. The normalized spacial score (nSPS) is 12.0. The second kappa shape index (κ2) is 8.85. The van der Waals surface area contributed by atoms with E-state index >= 15 is 0 Å². The highest BCUT2D eigenvalue weighted by Gasteiger charge is 2.25. The van der Waals surface area contributed by atoms with Crippen LogP contribution < -0.4 is 5.73 Å². The van der Waals surface area contributed by atoms with Gasteiger partial charge in [-0.05, 0) is 0 Å². The van der Waals surface area contributed by atoms with Gasteiger partial charge in [-0.2, -0.15) is 0 Å². The summed E-state index contributed by atoms with van der Waals surface area (Å²) in [5, 5.41) is 0. The molecule has 0 saturated heterocycles. The van der Waals surface area contributed by atoms with Crippen LogP contribution in [-0.4, -0.2) is 12.8 Å². The van der Waals surface area contributed by atoms with Crippen molar-refractivity contribution in [1.29, 1.82) is 0 Å². The third kappa shape index (κ3) is 16.2. The third-order valence-corrected chi connectivity index (χ3v) is 2.34. The zero-order valence-electron chi connectivity index (χ0n) is 10.5. The number of quaternary nitrogens is 1. The number of hydrogen-bond donors (Lipinski definition) is 1. The molecule has 0 saturated carbocycles. The average Bonchev–Trinajstić information content (AvgIpc) is 2.01. The van der Waals surface area contributed by atoms with Crippen LogP contribution in [0.3, 0.4) is 0 Å². The maximum atomic E-state index is 9.75. The fourth-order valence-electron chi connectivity index (χ4n) is 1.97. The third-order valence-electron chi connectivity index (χ3n) is 2.34. The summed E-state index contributed by atoms with van der Waals surface area (Å²) in [4.78, 5) is 0. The van der Waals surface area contributed by atoms with Crippen LogP contribution in [0.15, 0.2) is 0 Å². The molecule has 0 spiro atoms. The Morgan fingerprint density at radius 1 is 0.812 bits per heavy atom. The van der Waals surface area contributed by atoms with Gasteiger partial charge in [0.25, 0.3) is 0 Å². The lowest BCUT2D eigenvalue weighted by Crippen LogP contribution is -2.72. The lowest BCUT2D eigenvalue weighted by Gasteiger charge is -2.24. The molecule has 0 aromatic rings. The van der Waals surface area contributed by atoms with Gasteiger partial charge in [-0.25, -0.2) is 0 Å². The molecular formula is C10H24BF4N. The van der Waals surface area contributed by atoms with E-state index in [0.717, 1.165) is 0 Å². The summed E-state index contributed by atoms with van der Waals surface area (Å²) in [6.45, 7) is 6.77. The smallest absolute Gasteiger partial charge is 0.418 e. The first kappa shape index (κ1) is 18.1. The monoisotopic (exact) mass is 245 g/mol. The minimum atomic E-state index is -6.00. The molecule has 0 bridgehead atoms. The van der Waals surface area contributed by atoms with Gasteiger partial charge in [-0.15, -0.1) is 0 Å². The molecule has 0 unspecified atom stereocenters. The highest BCUT2D eigenvalue weighted by Crippen LogP contribution is 2.19. The Bertz CT molecular complexity index is 138. The minimum Gasteiger partial charge on any atom is -0.418 e. The minimum absolute atomic E-state index is 0.401. The van der Waals surface area contributed by atoms with Crippen LogP contribution in [0.5, 0.6) is 0 Å². The Morgan fingerprint density at radius 2 is 1.00 bits per heavy atom. The van der Waals surface area contributed by atoms with E-state index in [1.54, 1.807) is 0 Å². The van der Waals surface area contributed by atoms with E-state index in [2.05, 4.69) is 26.5 Å². The highest BCUT2D eigenvalue weighted by molar-refractivity contribution is 6.50. The lowest BCUT2D eigenvalue weighted by molar-refractivity contribution is -0.483. The maximum absolute atomic E-state index is 9.75. The van der Waals surface area contributed by atoms with Crippen molar-refractivity contribution in [2.45, 2.75) is 64.8 Å². The summed E-state index contributed by atoms with van der Waals surface area (Å²) in [5.41, 5.74) is 4.74. The van der Waals surface area contributed by atoms with Crippen molar-refractivity contribution in [2.24, 2.45) is 0 Å². The molecule has 0 atom stereocenters. The van der Waals surface area contributed by atoms with Crippen LogP contribution in [0.1, 0.15) is 59.3 Å². The summed E-state index contributed by atoms with van der Waals surface area (Å²) in [7, 11) is -6.00. The molecule has 0 aromatic heterocycles. The summed E-state index contributed by atoms with van der Waals surface area (Å²) >= 11 is 0. The Balaban J connectivity index is 0. The molecule has 6 heteroatoms. The van der Waals surface area contributed by atoms with Gasteiger partial charge in [-0.1, -0.05) is 40.0 Å². The molecule has 16 heavy (non-hydrogen) atoms. The predicted octanol–water partition coefficient (Wildman–Crippen LogP) is 3.67. The van der Waals surface area contributed by atoms with Crippen molar-refractivity contribution in [3.05, 3.63) is 0 Å². The fourth-order valence-corrected chi connectivity index (χ4v) is 1.97. The second-order valence-electron chi connectivity index (χ2n) is 4.24. The molecule has 0 aromatic carbocycles. The van der Waals surface area contributed by atoms with Gasteiger partial charge in [0, 0.05) is 19.3 Å². The molecule has 1 nitrogen and oxygen atoms in total. The molecule has 0 amide bonds. The number of halogens is 4. The molecule has 0 heterocycles. The highest BCUT2D eigenvalue weighted by atomic mass is 19.5. The largest absolute Gasteiger partial charge is 0.673 e. The van der Waals surface area contributed by atoms with Gasteiger partial charge in [0.1, 0.15) is 0 Å². The van der Waals surface area contributed by atoms with Crippen molar-refractivity contribution in [1.82, 2.24) is 0 Å². The van der Waals surface area contributed by atoms with Crippen molar-refractivity contribution < 1.29 is 23.0 Å². The summed E-state index contributed by atoms with van der Waals surface area (Å²) in [6, 6.07) is 0. The topological polar surface area (TPSA) is 27.6 Å². The van der Waals surface area contributed by atoms with E-state index in [4.69, 9.17) is 0 Å². The zero-order valence-corrected chi connectivity index (χ0v) is 10.5. The molecule has 0 rings (SSSR count). The first-order valence-corrected chi connectivity index (χ1v) is 5.91. The fraction of sp³-hybridized carbons (Fsp3) is 1.00. The summed E-state index contributed by atoms with van der Waals surface area (Å²) in [6.07, 6.45) is 7.74. The maximum Gasteiger partial charge on any atom is 0.673 e. The van der Waals surface area contributed by atoms with Crippen molar-refractivity contribution in [2.75, 3.05) is 0 Å². The second-order valence-corrected chi connectivity index (χ2v) is 4.24. The van der Waals surface area contributed by atoms with Crippen LogP contribution in [-0.2, 0) is 0 Å². The Hall–Kier alpha value is -0.255. The van der Waals surface area contributed by atoms with E-state index < -0.39 is 7.25 Å². The van der Waals surface area contributed by atoms with E-state index in [9.17, 15) is 17.3 Å². The van der Waals surface area contributed by atoms with Crippen LogP contribution in [0.4, 0.5) is 17.3 Å². The summed E-state index contributed by atoms with van der Waals surface area (Å²) < 4.78 is 39.0. The number of hydrogen-bond acceptors (Lipinski definition) is 0. The lowest BCUT2D eigenvalue weighted by atomic mass is 9.86. The van der Waals surface area contributed by atoms with Gasteiger partial charge in [0.15, 0.2) is 0 Å². The standard InChI is InChI=1S/C10H23N.BF4/c1-4-7-10(11,8-5-2)9-6-3;2-1(3,4)5/h4-9,11H2,1-3H3;/q;-1/p+1. The van der Waals surface area contributed by atoms with Crippen LogP contribution >= 0.6 is 0 Å². The molecule has 0 radical (unpaired) electrons. The van der Waals surface area contributed by atoms with Crippen molar-refractivity contribution >= 4 is 7.25 Å². The van der Waals surface area contributed by atoms with E-state index in [1.807, 2.05) is 0 Å². The Morgan fingerprint density at radius 3 is 1.12 bits per heavy atom. The van der Waals surface area contributed by atoms with Crippen molar-refractivity contribution in [3.63, 3.8) is 0 Å². The van der Waals surface area contributed by atoms with Crippen LogP contribution in [0, 0.1) is 0 Å². The van der Waals surface area contributed by atoms with E-state index in [0.29, 0.717) is 5.54 Å². The molecule has 0 aliphatic carbocycles. The van der Waals surface area contributed by atoms with Gasteiger partial charge >= 0.3 is 7.25 Å². The quantitative estimate of drug-likeness (QED) is 0.546. The van der Waals surface area contributed by atoms with E-state index in [1.165, 1.54) is 38.5 Å². The summed E-state index contributed by atoms with van der Waals surface area (Å²) in [5.74, 6) is 0. The molecular weight excluding hydrogens is 221 g/mol. The average molecular weight is 245 g/mol. The van der Waals surface area contributed by atoms with Crippen LogP contribution in [0.25, 0.3) is 0 Å². The van der Waals surface area contributed by atoms with Gasteiger partial charge in [0.05, 0.1) is 5.54 Å². The molecule has 0 aliphatic rings. The van der Waals surface area contributed by atoms with Gasteiger partial charge in [0.2, 0.25) is 0 Å². The first-order chi connectivity index (χ1) is 7.18. The van der Waals surface area contributed by atoms with E-state index in [-0.39, 0.29) is 0 Å². The van der Waals surface area contributed by atoms with Gasteiger partial charge in [-0.3, -0.25) is 0 Å². The Labute approximate surface area is 95.9 Å². The molecule has 0 aliphatic heterocycles. The SMILES string of the molecule is CCCC([NH3+])(CCC)CCC.F[B-](F)(F)F. The molecule has 3 N–H and O–H groups in total.